The minimum absolute atomic E-state index is 0.0410. The fourth-order valence-electron chi connectivity index (χ4n) is 1.66. The molecule has 1 amide bonds. The first kappa shape index (κ1) is 19.5. The second-order valence-electron chi connectivity index (χ2n) is 5.89. The maximum absolute atomic E-state index is 11.8. The highest BCUT2D eigenvalue weighted by molar-refractivity contribution is 5.85. The predicted octanol–water partition coefficient (Wildman–Crippen LogP) is 2.49. The Labute approximate surface area is 141 Å². The average molecular weight is 337 g/mol. The van der Waals surface area contributed by atoms with Crippen molar-refractivity contribution in [2.45, 2.75) is 51.9 Å². The summed E-state index contributed by atoms with van der Waals surface area (Å²) >= 11 is 0. The molecule has 7 nitrogen and oxygen atoms in total. The van der Waals surface area contributed by atoms with Crippen molar-refractivity contribution in [1.29, 1.82) is 0 Å². The molecular formula is C17H23NO6. The van der Waals surface area contributed by atoms with Gasteiger partial charge >= 0.3 is 18.0 Å². The van der Waals surface area contributed by atoms with Gasteiger partial charge < -0.3 is 19.9 Å². The van der Waals surface area contributed by atoms with Crippen LogP contribution in [0.25, 0.3) is 0 Å². The molecule has 1 aromatic rings. The molecule has 0 heterocycles. The number of hydrogen-bond donors (Lipinski definition) is 2. The molecule has 0 radical (unpaired) electrons. The lowest BCUT2D eigenvalue weighted by Crippen LogP contribution is -2.45. The molecule has 1 atom stereocenters. The highest BCUT2D eigenvalue weighted by Gasteiger charge is 2.27. The van der Waals surface area contributed by atoms with Crippen molar-refractivity contribution in [2.75, 3.05) is 0 Å². The summed E-state index contributed by atoms with van der Waals surface area (Å²) in [5, 5.41) is 11.3. The number of nitrogens with one attached hydrogen (secondary N) is 1. The van der Waals surface area contributed by atoms with Crippen LogP contribution in [0.15, 0.2) is 30.3 Å². The van der Waals surface area contributed by atoms with Gasteiger partial charge in [0.15, 0.2) is 0 Å². The second-order valence-corrected chi connectivity index (χ2v) is 5.89. The Morgan fingerprint density at radius 2 is 1.83 bits per heavy atom. The largest absolute Gasteiger partial charge is 0.480 e. The number of amides is 1. The fraction of sp³-hybridized carbons (Fsp3) is 0.471. The average Bonchev–Trinajstić information content (AvgIpc) is 2.52. The van der Waals surface area contributed by atoms with Gasteiger partial charge in [-0.25, -0.2) is 9.59 Å². The van der Waals surface area contributed by atoms with E-state index < -0.39 is 36.1 Å². The molecular weight excluding hydrogens is 314 g/mol. The third-order valence-corrected chi connectivity index (χ3v) is 3.42. The van der Waals surface area contributed by atoms with Crippen molar-refractivity contribution in [3.05, 3.63) is 35.9 Å². The minimum Gasteiger partial charge on any atom is -0.480 e. The normalized spacial score (nSPS) is 12.1. The van der Waals surface area contributed by atoms with Crippen molar-refractivity contribution >= 4 is 18.0 Å². The summed E-state index contributed by atoms with van der Waals surface area (Å²) < 4.78 is 10.1. The van der Waals surface area contributed by atoms with Gasteiger partial charge in [0.25, 0.3) is 0 Å². The molecule has 1 rings (SSSR count). The van der Waals surface area contributed by atoms with Crippen LogP contribution in [0, 0.1) is 0 Å². The van der Waals surface area contributed by atoms with Gasteiger partial charge in [0.1, 0.15) is 18.2 Å². The van der Waals surface area contributed by atoms with E-state index in [1.54, 1.807) is 38.1 Å². The highest BCUT2D eigenvalue weighted by atomic mass is 16.6. The number of carbonyl (C=O) groups is 3. The SMILES string of the molecule is CCC(C)(C)OC(=O)N[C@@H](CC(=O)OCc1ccccc1)C(=O)O. The third kappa shape index (κ3) is 7.13. The number of carboxylic acid groups (broad SMARTS) is 1. The summed E-state index contributed by atoms with van der Waals surface area (Å²) in [4.78, 5) is 34.7. The molecule has 1 aromatic carbocycles. The van der Waals surface area contributed by atoms with Gasteiger partial charge in [0, 0.05) is 0 Å². The van der Waals surface area contributed by atoms with Crippen LogP contribution < -0.4 is 5.32 Å². The van der Waals surface area contributed by atoms with Gasteiger partial charge in [-0.1, -0.05) is 37.3 Å². The number of ether oxygens (including phenoxy) is 2. The molecule has 0 bridgehead atoms. The lowest BCUT2D eigenvalue weighted by molar-refractivity contribution is -0.150. The number of carboxylic acids is 1. The van der Waals surface area contributed by atoms with Gasteiger partial charge in [0.05, 0.1) is 6.42 Å². The zero-order chi connectivity index (χ0) is 18.2. The number of alkyl carbamates (subject to hydrolysis) is 1. The molecule has 0 aromatic heterocycles. The Balaban J connectivity index is 2.51. The second kappa shape index (κ2) is 8.90. The van der Waals surface area contributed by atoms with Crippen LogP contribution >= 0.6 is 0 Å². The van der Waals surface area contributed by atoms with Crippen LogP contribution in [0.2, 0.25) is 0 Å². The number of esters is 1. The first-order valence-corrected chi connectivity index (χ1v) is 7.65. The number of aliphatic carboxylic acids is 1. The molecule has 132 valence electrons. The van der Waals surface area contributed by atoms with Crippen molar-refractivity contribution in [2.24, 2.45) is 0 Å². The number of carbonyl (C=O) groups excluding carboxylic acids is 2. The van der Waals surface area contributed by atoms with Gasteiger partial charge in [-0.05, 0) is 25.8 Å². The number of benzene rings is 1. The Kier molecular flexibility index (Phi) is 7.23. The van der Waals surface area contributed by atoms with E-state index in [9.17, 15) is 14.4 Å². The van der Waals surface area contributed by atoms with Crippen LogP contribution in [-0.2, 0) is 25.7 Å². The van der Waals surface area contributed by atoms with E-state index >= 15 is 0 Å². The van der Waals surface area contributed by atoms with Crippen LogP contribution in [0.4, 0.5) is 4.79 Å². The lowest BCUT2D eigenvalue weighted by atomic mass is 10.1. The molecule has 0 saturated heterocycles. The van der Waals surface area contributed by atoms with E-state index in [2.05, 4.69) is 5.32 Å². The van der Waals surface area contributed by atoms with Gasteiger partial charge in [0.2, 0.25) is 0 Å². The molecule has 0 fully saturated rings. The van der Waals surface area contributed by atoms with Crippen molar-refractivity contribution < 1.29 is 29.0 Å². The van der Waals surface area contributed by atoms with Crippen LogP contribution in [0.5, 0.6) is 0 Å². The van der Waals surface area contributed by atoms with Crippen LogP contribution in [0.1, 0.15) is 39.2 Å². The summed E-state index contributed by atoms with van der Waals surface area (Å²) in [6.45, 7) is 5.29. The van der Waals surface area contributed by atoms with Crippen molar-refractivity contribution in [3.8, 4) is 0 Å². The highest BCUT2D eigenvalue weighted by Crippen LogP contribution is 2.13. The molecule has 0 aliphatic rings. The van der Waals surface area contributed by atoms with E-state index in [-0.39, 0.29) is 6.61 Å². The quantitative estimate of drug-likeness (QED) is 0.707. The van der Waals surface area contributed by atoms with E-state index in [1.165, 1.54) is 0 Å². The Morgan fingerprint density at radius 1 is 1.21 bits per heavy atom. The summed E-state index contributed by atoms with van der Waals surface area (Å²) in [6, 6.07) is 7.59. The smallest absolute Gasteiger partial charge is 0.408 e. The summed E-state index contributed by atoms with van der Waals surface area (Å²) in [6.07, 6.45) is -0.800. The molecule has 0 aliphatic carbocycles. The Hall–Kier alpha value is -2.57. The fourth-order valence-corrected chi connectivity index (χ4v) is 1.66. The molecule has 7 heteroatoms. The summed E-state index contributed by atoms with van der Waals surface area (Å²) in [5.74, 6) is -2.06. The topological polar surface area (TPSA) is 102 Å². The number of hydrogen-bond acceptors (Lipinski definition) is 5. The minimum atomic E-state index is -1.41. The maximum atomic E-state index is 11.8. The zero-order valence-electron chi connectivity index (χ0n) is 14.1. The van der Waals surface area contributed by atoms with E-state index in [1.807, 2.05) is 13.0 Å². The van der Waals surface area contributed by atoms with Gasteiger partial charge in [-0.15, -0.1) is 0 Å². The van der Waals surface area contributed by atoms with E-state index in [0.717, 1.165) is 5.56 Å². The molecule has 24 heavy (non-hydrogen) atoms. The monoisotopic (exact) mass is 337 g/mol. The lowest BCUT2D eigenvalue weighted by Gasteiger charge is -2.24. The molecule has 0 unspecified atom stereocenters. The summed E-state index contributed by atoms with van der Waals surface area (Å²) in [5.41, 5.74) is 0.0656. The third-order valence-electron chi connectivity index (χ3n) is 3.42. The van der Waals surface area contributed by atoms with Crippen LogP contribution in [0.3, 0.4) is 0 Å². The van der Waals surface area contributed by atoms with Gasteiger partial charge in [-0.2, -0.15) is 0 Å². The predicted molar refractivity (Wildman–Crippen MR) is 86.3 cm³/mol. The maximum Gasteiger partial charge on any atom is 0.408 e. The number of rotatable bonds is 8. The first-order chi connectivity index (χ1) is 11.2. The van der Waals surface area contributed by atoms with Crippen molar-refractivity contribution in [1.82, 2.24) is 5.32 Å². The zero-order valence-corrected chi connectivity index (χ0v) is 14.1. The molecule has 2 N–H and O–H groups in total. The van der Waals surface area contributed by atoms with Gasteiger partial charge in [-0.3, -0.25) is 4.79 Å². The molecule has 0 aliphatic heterocycles. The Bertz CT molecular complexity index is 570. The van der Waals surface area contributed by atoms with Crippen LogP contribution in [-0.4, -0.2) is 34.8 Å². The first-order valence-electron chi connectivity index (χ1n) is 7.65. The van der Waals surface area contributed by atoms with E-state index in [4.69, 9.17) is 14.6 Å². The summed E-state index contributed by atoms with van der Waals surface area (Å²) in [7, 11) is 0. The molecule has 0 spiro atoms. The Morgan fingerprint density at radius 3 is 2.38 bits per heavy atom. The molecule has 0 saturated carbocycles. The van der Waals surface area contributed by atoms with E-state index in [0.29, 0.717) is 6.42 Å². The van der Waals surface area contributed by atoms with Crippen molar-refractivity contribution in [3.63, 3.8) is 0 Å². The standard InChI is InChI=1S/C17H23NO6/c1-4-17(2,3)24-16(22)18-13(15(20)21)10-14(19)23-11-12-8-6-5-7-9-12/h5-9,13H,4,10-11H2,1-3H3,(H,18,22)(H,20,21)/t13-/m0/s1.